The van der Waals surface area contributed by atoms with Crippen molar-refractivity contribution in [3.05, 3.63) is 70.2 Å². The van der Waals surface area contributed by atoms with Crippen molar-refractivity contribution in [1.82, 2.24) is 0 Å². The van der Waals surface area contributed by atoms with Crippen molar-refractivity contribution in [3.8, 4) is 22.6 Å². The summed E-state index contributed by atoms with van der Waals surface area (Å²) >= 11 is 5.78. The number of hydrogen-bond acceptors (Lipinski definition) is 7. The maximum absolute atomic E-state index is 14.9. The third-order valence-electron chi connectivity index (χ3n) is 4.95. The number of rotatable bonds is 9. The average Bonchev–Trinajstić information content (AvgIpc) is 2.82. The molecular formula is C23H19ClF2N2O7S. The lowest BCUT2D eigenvalue weighted by Gasteiger charge is -2.18. The highest BCUT2D eigenvalue weighted by Crippen LogP contribution is 2.38. The van der Waals surface area contributed by atoms with Crippen molar-refractivity contribution in [2.24, 2.45) is 5.73 Å². The van der Waals surface area contributed by atoms with E-state index >= 15 is 0 Å². The van der Waals surface area contributed by atoms with Gasteiger partial charge in [-0.2, -0.15) is 0 Å². The number of aromatic carboxylic acids is 1. The Morgan fingerprint density at radius 1 is 1.17 bits per heavy atom. The zero-order valence-electron chi connectivity index (χ0n) is 18.5. The minimum absolute atomic E-state index is 0.0142. The molecular weight excluding hydrogens is 522 g/mol. The van der Waals surface area contributed by atoms with Crippen molar-refractivity contribution < 1.29 is 41.7 Å². The Hall–Kier alpha value is -3.74. The molecule has 5 N–H and O–H groups in total. The van der Waals surface area contributed by atoms with Crippen LogP contribution < -0.4 is 15.2 Å². The number of aldehydes is 1. The van der Waals surface area contributed by atoms with Crippen LogP contribution in [0.2, 0.25) is 5.02 Å². The molecule has 0 saturated heterocycles. The molecule has 0 aliphatic carbocycles. The molecule has 0 aliphatic rings. The first kappa shape index (κ1) is 26.9. The second kappa shape index (κ2) is 10.5. The van der Waals surface area contributed by atoms with Crippen LogP contribution in [0.1, 0.15) is 27.6 Å². The Kier molecular flexibility index (Phi) is 7.82. The molecule has 0 radical (unpaired) electrons. The number of nitrogens with two attached hydrogens (primary N) is 1. The summed E-state index contributed by atoms with van der Waals surface area (Å²) in [6, 6.07) is 6.59. The SMILES string of the molecule is C[C@@H](CN)Oc1ccc(C(=O)O)cc1-c1cc(NS(=O)(=O)c2cc(C=O)cc(Cl)c2O)c(F)cc1F. The maximum atomic E-state index is 14.9. The summed E-state index contributed by atoms with van der Waals surface area (Å²) < 4.78 is 62.8. The summed E-state index contributed by atoms with van der Waals surface area (Å²) in [5.74, 6) is -4.67. The summed E-state index contributed by atoms with van der Waals surface area (Å²) in [7, 11) is -4.74. The molecule has 3 aromatic carbocycles. The molecule has 13 heteroatoms. The first-order chi connectivity index (χ1) is 16.9. The van der Waals surface area contributed by atoms with Gasteiger partial charge in [0.2, 0.25) is 0 Å². The van der Waals surface area contributed by atoms with Crippen LogP contribution in [0.3, 0.4) is 0 Å². The summed E-state index contributed by atoms with van der Waals surface area (Å²) in [5, 5.41) is 19.0. The van der Waals surface area contributed by atoms with E-state index in [0.717, 1.165) is 24.3 Å². The number of phenolic OH excluding ortho intramolecular Hbond substituents is 1. The van der Waals surface area contributed by atoms with Gasteiger partial charge in [0.05, 0.1) is 16.3 Å². The van der Waals surface area contributed by atoms with E-state index in [0.29, 0.717) is 12.4 Å². The van der Waals surface area contributed by atoms with E-state index in [1.165, 1.54) is 12.1 Å². The van der Waals surface area contributed by atoms with Gasteiger partial charge in [0, 0.05) is 29.3 Å². The normalized spacial score (nSPS) is 12.1. The van der Waals surface area contributed by atoms with E-state index in [4.69, 9.17) is 22.1 Å². The van der Waals surface area contributed by atoms with Crippen molar-refractivity contribution in [2.75, 3.05) is 11.3 Å². The molecule has 3 rings (SSSR count). The maximum Gasteiger partial charge on any atom is 0.335 e. The monoisotopic (exact) mass is 540 g/mol. The number of anilines is 1. The third kappa shape index (κ3) is 5.56. The number of ether oxygens (including phenoxy) is 1. The van der Waals surface area contributed by atoms with Crippen LogP contribution in [0.4, 0.5) is 14.5 Å². The van der Waals surface area contributed by atoms with Crippen LogP contribution >= 0.6 is 11.6 Å². The van der Waals surface area contributed by atoms with Gasteiger partial charge in [-0.05, 0) is 43.3 Å². The smallest absolute Gasteiger partial charge is 0.335 e. The molecule has 9 nitrogen and oxygen atoms in total. The van der Waals surface area contributed by atoms with E-state index < -0.39 is 55.1 Å². The van der Waals surface area contributed by atoms with Crippen LogP contribution in [0, 0.1) is 11.6 Å². The molecule has 0 bridgehead atoms. The van der Waals surface area contributed by atoms with Gasteiger partial charge in [0.25, 0.3) is 10.0 Å². The standard InChI is InChI=1S/C23H19ClF2N2O7S/c1-11(9-27)35-20-3-2-13(23(31)32)6-15(20)14-7-19(18(26)8-17(14)25)28-36(33,34)21-5-12(10-29)4-16(24)22(21)30/h2-8,10-11,28,30H,9,27H2,1H3,(H,31,32)/t11-/m0/s1. The molecule has 0 aromatic heterocycles. The number of benzene rings is 3. The van der Waals surface area contributed by atoms with E-state index in [2.05, 4.69) is 0 Å². The van der Waals surface area contributed by atoms with Crippen LogP contribution in [0.5, 0.6) is 11.5 Å². The number of sulfonamides is 1. The molecule has 3 aromatic rings. The number of aromatic hydroxyl groups is 1. The Morgan fingerprint density at radius 2 is 1.86 bits per heavy atom. The number of nitrogens with one attached hydrogen (secondary N) is 1. The number of carbonyl (C=O) groups is 2. The zero-order chi connectivity index (χ0) is 26.8. The Bertz CT molecular complexity index is 1470. The van der Waals surface area contributed by atoms with Crippen molar-refractivity contribution in [1.29, 1.82) is 0 Å². The van der Waals surface area contributed by atoms with Gasteiger partial charge in [0.15, 0.2) is 5.75 Å². The van der Waals surface area contributed by atoms with Crippen LogP contribution in [-0.2, 0) is 10.0 Å². The highest BCUT2D eigenvalue weighted by atomic mass is 35.5. The number of phenols is 1. The second-order valence-corrected chi connectivity index (χ2v) is 9.62. The van der Waals surface area contributed by atoms with Crippen LogP contribution in [0.15, 0.2) is 47.4 Å². The molecule has 190 valence electrons. The Labute approximate surface area is 209 Å². The number of hydrogen-bond donors (Lipinski definition) is 4. The molecule has 0 aliphatic heterocycles. The number of carboxylic acids is 1. The van der Waals surface area contributed by atoms with Crippen LogP contribution in [-0.4, -0.2) is 43.5 Å². The number of carboxylic acid groups (broad SMARTS) is 1. The van der Waals surface area contributed by atoms with Gasteiger partial charge < -0.3 is 20.7 Å². The van der Waals surface area contributed by atoms with Crippen LogP contribution in [0.25, 0.3) is 11.1 Å². The Morgan fingerprint density at radius 3 is 2.47 bits per heavy atom. The van der Waals surface area contributed by atoms with Gasteiger partial charge >= 0.3 is 5.97 Å². The molecule has 1 atom stereocenters. The lowest BCUT2D eigenvalue weighted by atomic mass is 10.0. The quantitative estimate of drug-likeness (QED) is 0.296. The summed E-state index contributed by atoms with van der Waals surface area (Å²) in [5.41, 5.74) is 3.90. The molecule has 0 saturated carbocycles. The molecule has 0 heterocycles. The topological polar surface area (TPSA) is 156 Å². The summed E-state index contributed by atoms with van der Waals surface area (Å²) in [4.78, 5) is 21.7. The molecule has 0 unspecified atom stereocenters. The fraction of sp³-hybridized carbons (Fsp3) is 0.130. The van der Waals surface area contributed by atoms with E-state index in [-0.39, 0.29) is 34.5 Å². The molecule has 0 spiro atoms. The summed E-state index contributed by atoms with van der Waals surface area (Å²) in [6.45, 7) is 1.68. The van der Waals surface area contributed by atoms with E-state index in [1.807, 2.05) is 4.72 Å². The molecule has 0 amide bonds. The predicted octanol–water partition coefficient (Wildman–Crippen LogP) is 4.03. The first-order valence-electron chi connectivity index (χ1n) is 10.1. The lowest BCUT2D eigenvalue weighted by Crippen LogP contribution is -2.23. The first-order valence-corrected chi connectivity index (χ1v) is 12.0. The second-order valence-electron chi connectivity index (χ2n) is 7.56. The highest BCUT2D eigenvalue weighted by Gasteiger charge is 2.25. The van der Waals surface area contributed by atoms with Gasteiger partial charge in [-0.3, -0.25) is 9.52 Å². The van der Waals surface area contributed by atoms with Crippen molar-refractivity contribution in [3.63, 3.8) is 0 Å². The molecule has 36 heavy (non-hydrogen) atoms. The van der Waals surface area contributed by atoms with Gasteiger partial charge in [-0.15, -0.1) is 0 Å². The van der Waals surface area contributed by atoms with Gasteiger partial charge in [-0.1, -0.05) is 11.6 Å². The van der Waals surface area contributed by atoms with Crippen molar-refractivity contribution in [2.45, 2.75) is 17.9 Å². The zero-order valence-corrected chi connectivity index (χ0v) is 20.0. The van der Waals surface area contributed by atoms with E-state index in [1.54, 1.807) is 6.92 Å². The average molecular weight is 541 g/mol. The molecule has 0 fully saturated rings. The fourth-order valence-electron chi connectivity index (χ4n) is 3.14. The highest BCUT2D eigenvalue weighted by molar-refractivity contribution is 7.92. The predicted molar refractivity (Wildman–Crippen MR) is 127 cm³/mol. The number of halogens is 3. The minimum atomic E-state index is -4.74. The lowest BCUT2D eigenvalue weighted by molar-refractivity contribution is 0.0696. The Balaban J connectivity index is 2.16. The van der Waals surface area contributed by atoms with E-state index in [9.17, 15) is 37.0 Å². The minimum Gasteiger partial charge on any atom is -0.505 e. The number of carbonyl (C=O) groups excluding carboxylic acids is 1. The van der Waals surface area contributed by atoms with Crippen molar-refractivity contribution >= 4 is 39.6 Å². The third-order valence-corrected chi connectivity index (χ3v) is 6.62. The fourth-order valence-corrected chi connectivity index (χ4v) is 4.64. The van der Waals surface area contributed by atoms with Gasteiger partial charge in [-0.25, -0.2) is 22.0 Å². The largest absolute Gasteiger partial charge is 0.505 e. The summed E-state index contributed by atoms with van der Waals surface area (Å²) in [6.07, 6.45) is -0.265. The van der Waals surface area contributed by atoms with Gasteiger partial charge in [0.1, 0.15) is 34.7 Å².